The number of sulfone groups is 2. The summed E-state index contributed by atoms with van der Waals surface area (Å²) in [7, 11) is -7.56. The van der Waals surface area contributed by atoms with Crippen molar-refractivity contribution < 1.29 is 21.9 Å². The van der Waals surface area contributed by atoms with Crippen molar-refractivity contribution in [3.8, 4) is 0 Å². The first-order chi connectivity index (χ1) is 10.7. The van der Waals surface area contributed by atoms with Gasteiger partial charge in [0, 0.05) is 5.02 Å². The third-order valence-electron chi connectivity index (χ3n) is 3.10. The molecule has 0 aromatic heterocycles. The van der Waals surface area contributed by atoms with E-state index in [-0.39, 0.29) is 9.79 Å². The second-order valence-corrected chi connectivity index (χ2v) is 9.49. The summed E-state index contributed by atoms with van der Waals surface area (Å²) >= 11 is 5.70. The number of aliphatic hydroxyl groups is 1. The molecule has 2 rings (SSSR count). The lowest BCUT2D eigenvalue weighted by atomic mass is 10.4. The molecule has 2 aromatic rings. The smallest absolute Gasteiger partial charge is 0.180 e. The highest BCUT2D eigenvalue weighted by atomic mass is 35.5. The molecule has 5 nitrogen and oxygen atoms in total. The van der Waals surface area contributed by atoms with Crippen LogP contribution in [0.5, 0.6) is 0 Å². The molecule has 0 bridgehead atoms. The number of rotatable bonds is 6. The van der Waals surface area contributed by atoms with Gasteiger partial charge in [-0.1, -0.05) is 29.8 Å². The van der Waals surface area contributed by atoms with E-state index < -0.39 is 37.3 Å². The van der Waals surface area contributed by atoms with Crippen LogP contribution in [0.15, 0.2) is 64.4 Å². The Morgan fingerprint density at radius 3 is 1.70 bits per heavy atom. The van der Waals surface area contributed by atoms with Crippen LogP contribution in [0.4, 0.5) is 0 Å². The van der Waals surface area contributed by atoms with Gasteiger partial charge in [-0.05, 0) is 36.4 Å². The first kappa shape index (κ1) is 17.9. The topological polar surface area (TPSA) is 88.5 Å². The second kappa shape index (κ2) is 7.00. The van der Waals surface area contributed by atoms with Gasteiger partial charge < -0.3 is 5.11 Å². The predicted octanol–water partition coefficient (Wildman–Crippen LogP) is 1.95. The van der Waals surface area contributed by atoms with Crippen molar-refractivity contribution in [2.45, 2.75) is 15.9 Å². The zero-order valence-electron chi connectivity index (χ0n) is 12.0. The normalized spacial score (nSPS) is 13.7. The van der Waals surface area contributed by atoms with Gasteiger partial charge in [0.1, 0.15) is 0 Å². The molecular formula is C15H15ClO5S2. The molecule has 8 heteroatoms. The van der Waals surface area contributed by atoms with Crippen molar-refractivity contribution in [3.63, 3.8) is 0 Å². The Bertz CT molecular complexity index is 860. The van der Waals surface area contributed by atoms with E-state index in [9.17, 15) is 21.9 Å². The molecule has 0 saturated heterocycles. The van der Waals surface area contributed by atoms with Crippen molar-refractivity contribution in [3.05, 3.63) is 59.6 Å². The molecule has 1 N–H and O–H groups in total. The molecule has 0 aliphatic heterocycles. The lowest BCUT2D eigenvalue weighted by Gasteiger charge is -2.12. The van der Waals surface area contributed by atoms with Gasteiger partial charge in [-0.25, -0.2) is 16.8 Å². The van der Waals surface area contributed by atoms with E-state index in [1.165, 1.54) is 36.4 Å². The largest absolute Gasteiger partial charge is 0.391 e. The summed E-state index contributed by atoms with van der Waals surface area (Å²) in [5.41, 5.74) is 0. The number of halogens is 1. The van der Waals surface area contributed by atoms with Crippen LogP contribution in [-0.4, -0.2) is 39.6 Å². The molecule has 0 fully saturated rings. The Labute approximate surface area is 140 Å². The van der Waals surface area contributed by atoms with E-state index in [0.29, 0.717) is 5.02 Å². The second-order valence-electron chi connectivity index (χ2n) is 4.98. The van der Waals surface area contributed by atoms with Gasteiger partial charge in [-0.15, -0.1) is 0 Å². The third kappa shape index (κ3) is 4.78. The van der Waals surface area contributed by atoms with Gasteiger partial charge >= 0.3 is 0 Å². The van der Waals surface area contributed by atoms with Crippen LogP contribution in [0, 0.1) is 0 Å². The molecule has 0 aliphatic rings. The van der Waals surface area contributed by atoms with Crippen LogP contribution in [-0.2, 0) is 19.7 Å². The molecule has 124 valence electrons. The Balaban J connectivity index is 2.13. The Morgan fingerprint density at radius 2 is 1.22 bits per heavy atom. The predicted molar refractivity (Wildman–Crippen MR) is 88.0 cm³/mol. The van der Waals surface area contributed by atoms with E-state index in [0.717, 1.165) is 0 Å². The summed E-state index contributed by atoms with van der Waals surface area (Å²) in [5, 5.41) is 10.3. The summed E-state index contributed by atoms with van der Waals surface area (Å²) in [5.74, 6) is -1.34. The molecule has 0 spiro atoms. The molecule has 0 aliphatic carbocycles. The average Bonchev–Trinajstić information content (AvgIpc) is 2.47. The summed E-state index contributed by atoms with van der Waals surface area (Å²) in [6.45, 7) is 0. The first-order valence-corrected chi connectivity index (χ1v) is 10.3. The number of aliphatic hydroxyl groups excluding tert-OH is 1. The van der Waals surface area contributed by atoms with Crippen molar-refractivity contribution >= 4 is 31.3 Å². The maximum absolute atomic E-state index is 12.2. The fraction of sp³-hybridized carbons (Fsp3) is 0.200. The third-order valence-corrected chi connectivity index (χ3v) is 6.98. The summed E-state index contributed by atoms with van der Waals surface area (Å²) in [6, 6.07) is 13.1. The SMILES string of the molecule is O=S(=O)(C[C@@H](O)CS(=O)(=O)c1ccc(Cl)cc1)c1ccccc1. The number of benzene rings is 2. The lowest BCUT2D eigenvalue weighted by molar-refractivity contribution is 0.220. The maximum atomic E-state index is 12.2. The fourth-order valence-electron chi connectivity index (χ4n) is 2.02. The minimum absolute atomic E-state index is 0.0157. The van der Waals surface area contributed by atoms with Crippen molar-refractivity contribution in [1.82, 2.24) is 0 Å². The van der Waals surface area contributed by atoms with Crippen molar-refractivity contribution in [2.75, 3.05) is 11.5 Å². The molecular weight excluding hydrogens is 360 g/mol. The molecule has 0 heterocycles. The molecule has 1 atom stereocenters. The van der Waals surface area contributed by atoms with Gasteiger partial charge in [-0.2, -0.15) is 0 Å². The van der Waals surface area contributed by atoms with E-state index in [1.807, 2.05) is 0 Å². The average molecular weight is 375 g/mol. The van der Waals surface area contributed by atoms with Crippen LogP contribution in [0.25, 0.3) is 0 Å². The highest BCUT2D eigenvalue weighted by Gasteiger charge is 2.25. The Kier molecular flexibility index (Phi) is 5.46. The zero-order valence-corrected chi connectivity index (χ0v) is 14.4. The van der Waals surface area contributed by atoms with Crippen molar-refractivity contribution in [1.29, 1.82) is 0 Å². The zero-order chi connectivity index (χ0) is 17.1. The van der Waals surface area contributed by atoms with Crippen LogP contribution in [0.2, 0.25) is 5.02 Å². The Morgan fingerprint density at radius 1 is 0.783 bits per heavy atom. The van der Waals surface area contributed by atoms with E-state index >= 15 is 0 Å². The van der Waals surface area contributed by atoms with Crippen molar-refractivity contribution in [2.24, 2.45) is 0 Å². The molecule has 0 radical (unpaired) electrons. The van der Waals surface area contributed by atoms with Crippen LogP contribution in [0.3, 0.4) is 0 Å². The van der Waals surface area contributed by atoms with Crippen LogP contribution >= 0.6 is 11.6 Å². The fourth-order valence-corrected chi connectivity index (χ4v) is 5.05. The highest BCUT2D eigenvalue weighted by molar-refractivity contribution is 7.92. The van der Waals surface area contributed by atoms with E-state index in [4.69, 9.17) is 11.6 Å². The van der Waals surface area contributed by atoms with Gasteiger partial charge in [0.05, 0.1) is 27.4 Å². The quantitative estimate of drug-likeness (QED) is 0.834. The molecule has 0 unspecified atom stereocenters. The van der Waals surface area contributed by atoms with E-state index in [1.54, 1.807) is 18.2 Å². The minimum atomic E-state index is -3.80. The van der Waals surface area contributed by atoms with Crippen LogP contribution < -0.4 is 0 Å². The minimum Gasteiger partial charge on any atom is -0.391 e. The van der Waals surface area contributed by atoms with Gasteiger partial charge in [-0.3, -0.25) is 0 Å². The first-order valence-electron chi connectivity index (χ1n) is 6.65. The van der Waals surface area contributed by atoms with Gasteiger partial charge in [0.15, 0.2) is 19.7 Å². The monoisotopic (exact) mass is 374 g/mol. The highest BCUT2D eigenvalue weighted by Crippen LogP contribution is 2.18. The molecule has 0 saturated carbocycles. The summed E-state index contributed by atoms with van der Waals surface area (Å²) in [4.78, 5) is 0.0287. The molecule has 23 heavy (non-hydrogen) atoms. The standard InChI is InChI=1S/C15H15ClO5S2/c16-12-6-8-15(9-7-12)23(20,21)11-13(17)10-22(18,19)14-4-2-1-3-5-14/h1-9,13,17H,10-11H2/t13-/m1/s1. The maximum Gasteiger partial charge on any atom is 0.180 e. The van der Waals surface area contributed by atoms with Gasteiger partial charge in [0.2, 0.25) is 0 Å². The van der Waals surface area contributed by atoms with Crippen LogP contribution in [0.1, 0.15) is 0 Å². The van der Waals surface area contributed by atoms with Gasteiger partial charge in [0.25, 0.3) is 0 Å². The lowest BCUT2D eigenvalue weighted by Crippen LogP contribution is -2.28. The molecule has 2 aromatic carbocycles. The number of hydrogen-bond acceptors (Lipinski definition) is 5. The Hall–Kier alpha value is -1.41. The molecule has 0 amide bonds. The number of hydrogen-bond donors (Lipinski definition) is 1. The summed E-state index contributed by atoms with van der Waals surface area (Å²) in [6.07, 6.45) is -1.53. The van der Waals surface area contributed by atoms with E-state index in [2.05, 4.69) is 0 Å². The summed E-state index contributed by atoms with van der Waals surface area (Å²) < 4.78 is 48.6.